The lowest BCUT2D eigenvalue weighted by atomic mass is 9.95. The van der Waals surface area contributed by atoms with E-state index in [1.807, 2.05) is 107 Å². The molecule has 12 rings (SSSR count). The van der Waals surface area contributed by atoms with Crippen LogP contribution in [0.2, 0.25) is 0 Å². The van der Waals surface area contributed by atoms with E-state index in [1.54, 1.807) is 39.8 Å². The van der Waals surface area contributed by atoms with Crippen LogP contribution >= 0.6 is 0 Å². The average molecular weight is 1030 g/mol. The number of aromatic nitrogens is 14. The molecule has 0 saturated carbocycles. The molecule has 78 heavy (non-hydrogen) atoms. The second-order valence-corrected chi connectivity index (χ2v) is 19.0. The zero-order valence-electron chi connectivity index (χ0n) is 43.1. The highest BCUT2D eigenvalue weighted by Gasteiger charge is 2.32. The molecule has 0 spiro atoms. The molecular weight excluding hydrogens is 990 g/mol. The number of halogens is 3. The summed E-state index contributed by atoms with van der Waals surface area (Å²) in [5.74, 6) is 6.10. The average Bonchev–Trinajstić information content (AvgIpc) is 4.15. The highest BCUT2D eigenvalue weighted by molar-refractivity contribution is 6.14. The van der Waals surface area contributed by atoms with Crippen molar-refractivity contribution in [3.05, 3.63) is 172 Å². The van der Waals surface area contributed by atoms with Gasteiger partial charge < -0.3 is 9.13 Å². The largest absolute Gasteiger partial charge is 0.416 e. The summed E-state index contributed by atoms with van der Waals surface area (Å²) in [5, 5.41) is 13.9. The third kappa shape index (κ3) is 8.43. The summed E-state index contributed by atoms with van der Waals surface area (Å²) in [4.78, 5) is 59.8. The van der Waals surface area contributed by atoms with E-state index >= 15 is 0 Å². The maximum atomic E-state index is 14.3. The number of nitrogens with zero attached hydrogens (tertiary/aromatic N) is 16. The predicted molar refractivity (Wildman–Crippen MR) is 290 cm³/mol. The Balaban J connectivity index is 1.28. The van der Waals surface area contributed by atoms with Gasteiger partial charge in [0.15, 0.2) is 29.0 Å². The number of aryl methyl sites for hydroxylation is 8. The molecule has 378 valence electrons. The summed E-state index contributed by atoms with van der Waals surface area (Å²) in [6, 6.07) is 32.3. The van der Waals surface area contributed by atoms with Crippen molar-refractivity contribution < 1.29 is 13.2 Å². The fourth-order valence-corrected chi connectivity index (χ4v) is 10.4. The number of alkyl halides is 3. The Kier molecular flexibility index (Phi) is 11.4. The molecule has 19 heteroatoms. The topological polar surface area (TPSA) is 193 Å². The van der Waals surface area contributed by atoms with Gasteiger partial charge in [-0.15, -0.1) is 0 Å². The van der Waals surface area contributed by atoms with Gasteiger partial charge in [-0.05, 0) is 115 Å². The first-order valence-electron chi connectivity index (χ1n) is 24.5. The molecule has 0 aliphatic carbocycles. The quantitative estimate of drug-likeness (QED) is 0.137. The first-order chi connectivity index (χ1) is 37.4. The molecule has 12 aromatic rings. The van der Waals surface area contributed by atoms with Crippen LogP contribution in [0.5, 0.6) is 0 Å². The fraction of sp³-hybridized carbons (Fsp3) is 0.153. The highest BCUT2D eigenvalue weighted by Crippen LogP contribution is 2.46. The van der Waals surface area contributed by atoms with E-state index in [0.717, 1.165) is 33.7 Å². The summed E-state index contributed by atoms with van der Waals surface area (Å²) < 4.78 is 47.1. The Morgan fingerprint density at radius 3 is 1.03 bits per heavy atom. The Morgan fingerprint density at radius 2 is 0.731 bits per heavy atom. The molecule has 6 heterocycles. The molecule has 0 amide bonds. The van der Waals surface area contributed by atoms with Gasteiger partial charge in [0.2, 0.25) is 0 Å². The van der Waals surface area contributed by atoms with E-state index in [2.05, 4.69) is 33.9 Å². The van der Waals surface area contributed by atoms with Crippen LogP contribution in [0, 0.1) is 73.3 Å². The summed E-state index contributed by atoms with van der Waals surface area (Å²) in [7, 11) is 0. The maximum absolute atomic E-state index is 14.3. The second-order valence-electron chi connectivity index (χ2n) is 19.0. The predicted octanol–water partition coefficient (Wildman–Crippen LogP) is 12.9. The van der Waals surface area contributed by atoms with Crippen LogP contribution in [0.4, 0.5) is 18.9 Å². The molecule has 6 aromatic heterocycles. The summed E-state index contributed by atoms with van der Waals surface area (Å²) in [5.41, 5.74) is 5.62. The second kappa shape index (κ2) is 18.2. The van der Waals surface area contributed by atoms with Crippen LogP contribution in [0.1, 0.15) is 57.7 Å². The zero-order chi connectivity index (χ0) is 54.5. The monoisotopic (exact) mass is 1030 g/mol. The number of benzene rings is 6. The normalized spacial score (nSPS) is 11.8. The molecule has 0 aliphatic heterocycles. The number of nitriles is 1. The molecule has 0 atom stereocenters. The van der Waals surface area contributed by atoms with Crippen molar-refractivity contribution in [1.82, 2.24) is 68.9 Å². The first-order valence-corrected chi connectivity index (χ1v) is 24.5. The van der Waals surface area contributed by atoms with Gasteiger partial charge in [0, 0.05) is 43.8 Å². The zero-order valence-corrected chi connectivity index (χ0v) is 43.1. The SMILES string of the molecule is [C-]#[N+]c1cc(-n2c3cc(-c4nc(C)nc(C)n4)ccc3c3ccc(-c4nc(C)nc(C)n4)cc32)c(-n2c3cc(-c4nc(C)nc(C)n4)ccc3c3ccc(-c4nc(C)nc(C)n4)cc32)cc1-c1ccc(C(F)(F)F)cc1C#N. The van der Waals surface area contributed by atoms with Crippen LogP contribution in [0.3, 0.4) is 0 Å². The van der Waals surface area contributed by atoms with E-state index in [1.165, 1.54) is 6.07 Å². The first kappa shape index (κ1) is 48.7. The number of hydrogen-bond acceptors (Lipinski definition) is 13. The molecule has 0 aliphatic rings. The highest BCUT2D eigenvalue weighted by atomic mass is 19.4. The van der Waals surface area contributed by atoms with E-state index < -0.39 is 11.7 Å². The number of rotatable bonds is 7. The van der Waals surface area contributed by atoms with E-state index in [-0.39, 0.29) is 22.4 Å². The van der Waals surface area contributed by atoms with Crippen LogP contribution in [-0.4, -0.2) is 68.9 Å². The van der Waals surface area contributed by atoms with Gasteiger partial charge in [-0.3, -0.25) is 0 Å². The molecular formula is C59H41F3N16. The lowest BCUT2D eigenvalue weighted by Gasteiger charge is -2.21. The molecule has 0 fully saturated rings. The Hall–Kier alpha value is -10.3. The molecule has 16 nitrogen and oxygen atoms in total. The standard InChI is InChI=1S/C59H41F3N16/c1-28-65-29(2)70-55(69-28)36-10-15-43-44-16-11-37(56-71-30(3)66-31(4)72-56)22-50(44)77(49(43)21-36)53-25-47(42-19-14-41(59(60,61)62)20-40(42)27-63)48(64-9)26-54(53)78-51-23-38(57-73-32(5)67-33(6)74-57)12-17-45(51)46-18-13-39(24-52(46)78)58-75-34(7)68-35(8)76-58/h10-26H,1-8H3. The van der Waals surface area contributed by atoms with Crippen LogP contribution < -0.4 is 0 Å². The van der Waals surface area contributed by atoms with Gasteiger partial charge >= 0.3 is 6.18 Å². The van der Waals surface area contributed by atoms with E-state index in [9.17, 15) is 18.4 Å². The fourth-order valence-electron chi connectivity index (χ4n) is 10.4. The maximum Gasteiger partial charge on any atom is 0.416 e. The van der Waals surface area contributed by atoms with Crippen molar-refractivity contribution in [2.75, 3.05) is 0 Å². The van der Waals surface area contributed by atoms with Gasteiger partial charge in [0.1, 0.15) is 46.6 Å². The molecule has 0 bridgehead atoms. The number of fused-ring (bicyclic) bond motifs is 6. The molecule has 6 aromatic carbocycles. The molecule has 0 N–H and O–H groups in total. The van der Waals surface area contributed by atoms with Crippen LogP contribution in [0.25, 0.3) is 117 Å². The molecule has 0 unspecified atom stereocenters. The van der Waals surface area contributed by atoms with Gasteiger partial charge in [-0.25, -0.2) is 64.7 Å². The molecule has 0 saturated heterocycles. The van der Waals surface area contributed by atoms with E-state index in [4.69, 9.17) is 46.4 Å². The van der Waals surface area contributed by atoms with E-state index in [0.29, 0.717) is 126 Å². The molecule has 0 radical (unpaired) electrons. The Bertz CT molecular complexity index is 4340. The van der Waals surface area contributed by atoms with Crippen molar-refractivity contribution in [2.24, 2.45) is 0 Å². The summed E-state index contributed by atoms with van der Waals surface area (Å²) >= 11 is 0. The van der Waals surface area contributed by atoms with Crippen molar-refractivity contribution in [2.45, 2.75) is 61.6 Å². The lowest BCUT2D eigenvalue weighted by Crippen LogP contribution is -2.07. The minimum atomic E-state index is -4.74. The van der Waals surface area contributed by atoms with Crippen molar-refractivity contribution in [3.8, 4) is 74.1 Å². The van der Waals surface area contributed by atoms with Crippen LogP contribution in [-0.2, 0) is 6.18 Å². The van der Waals surface area contributed by atoms with Crippen molar-refractivity contribution in [3.63, 3.8) is 0 Å². The smallest absolute Gasteiger partial charge is 0.308 e. The Morgan fingerprint density at radius 1 is 0.410 bits per heavy atom. The minimum absolute atomic E-state index is 0.0640. The minimum Gasteiger partial charge on any atom is -0.308 e. The summed E-state index contributed by atoms with van der Waals surface area (Å²) in [6.45, 7) is 23.3. The van der Waals surface area contributed by atoms with Gasteiger partial charge in [-0.1, -0.05) is 54.6 Å². The van der Waals surface area contributed by atoms with Gasteiger partial charge in [-0.2, -0.15) is 18.4 Å². The van der Waals surface area contributed by atoms with Gasteiger partial charge in [0.05, 0.1) is 57.2 Å². The van der Waals surface area contributed by atoms with Crippen molar-refractivity contribution in [1.29, 1.82) is 5.26 Å². The summed E-state index contributed by atoms with van der Waals surface area (Å²) in [6.07, 6.45) is -4.74. The number of hydrogen-bond donors (Lipinski definition) is 0. The third-order valence-electron chi connectivity index (χ3n) is 13.5. The third-order valence-corrected chi connectivity index (χ3v) is 13.5. The van der Waals surface area contributed by atoms with Crippen molar-refractivity contribution >= 4 is 49.3 Å². The lowest BCUT2D eigenvalue weighted by molar-refractivity contribution is -0.137. The van der Waals surface area contributed by atoms with Crippen LogP contribution in [0.15, 0.2) is 103 Å². The Labute approximate surface area is 443 Å². The van der Waals surface area contributed by atoms with Gasteiger partial charge in [0.25, 0.3) is 0 Å².